The molecule has 0 heterocycles. The monoisotopic (exact) mass is 134 g/mol. The zero-order chi connectivity index (χ0) is 6.28. The summed E-state index contributed by atoms with van der Waals surface area (Å²) in [5, 5.41) is 0. The van der Waals surface area contributed by atoms with E-state index in [1.807, 2.05) is 0 Å². The molecule has 0 aliphatic carbocycles. The Morgan fingerprint density at radius 3 is 1.00 bits per heavy atom. The van der Waals surface area contributed by atoms with Gasteiger partial charge in [0.2, 0.25) is 0 Å². The molecule has 0 fully saturated rings. The maximum Gasteiger partial charge on any atom is 0.0274 e. The molecule has 0 saturated carbocycles. The smallest absolute Gasteiger partial charge is 0.0274 e. The van der Waals surface area contributed by atoms with Gasteiger partial charge in [-0.2, -0.15) is 0 Å². The van der Waals surface area contributed by atoms with Crippen molar-refractivity contribution in [3.05, 3.63) is 0 Å². The van der Waals surface area contributed by atoms with Crippen LogP contribution in [0.15, 0.2) is 0 Å². The van der Waals surface area contributed by atoms with Crippen LogP contribution in [0.1, 0.15) is 0 Å². The molecule has 0 rings (SSSR count). The van der Waals surface area contributed by atoms with Crippen LogP contribution < -0.4 is 0 Å². The molecule has 0 aromatic heterocycles. The second kappa shape index (κ2) is 9.66. The summed E-state index contributed by atoms with van der Waals surface area (Å²) in [6, 6.07) is 0. The fourth-order valence-electron chi connectivity index (χ4n) is 0. The Kier molecular flexibility index (Phi) is 14.4. The first kappa shape index (κ1) is 10.4. The molecule has 0 aromatic carbocycles. The highest BCUT2D eigenvalue weighted by atomic mass is 28.3. The standard InChI is InChI=1S/C3H10Si.C2H8Si/c1-4(2)3;1-3-2/h4H,1-3H3;3H2,1-2H3. The van der Waals surface area contributed by atoms with Gasteiger partial charge >= 0.3 is 0 Å². The van der Waals surface area contributed by atoms with Gasteiger partial charge < -0.3 is 0 Å². The molecule has 46 valence electrons. The van der Waals surface area contributed by atoms with Gasteiger partial charge in [0.05, 0.1) is 0 Å². The molecule has 7 heavy (non-hydrogen) atoms. The third kappa shape index (κ3) is 672. The predicted octanol–water partition coefficient (Wildman–Crippen LogP) is 1.35. The van der Waals surface area contributed by atoms with E-state index in [1.54, 1.807) is 0 Å². The van der Waals surface area contributed by atoms with Gasteiger partial charge in [0.15, 0.2) is 0 Å². The van der Waals surface area contributed by atoms with Crippen molar-refractivity contribution in [1.29, 1.82) is 0 Å². The third-order valence-corrected chi connectivity index (χ3v) is 0. The van der Waals surface area contributed by atoms with Crippen molar-refractivity contribution in [2.75, 3.05) is 0 Å². The molecule has 0 aliphatic rings. The van der Waals surface area contributed by atoms with Crippen molar-refractivity contribution >= 4 is 18.3 Å². The van der Waals surface area contributed by atoms with Crippen LogP contribution in [-0.2, 0) is 0 Å². The summed E-state index contributed by atoms with van der Waals surface area (Å²) in [6.45, 7) is 11.4. The Morgan fingerprint density at radius 1 is 1.00 bits per heavy atom. The number of rotatable bonds is 0. The summed E-state index contributed by atoms with van der Waals surface area (Å²) < 4.78 is 0. The van der Waals surface area contributed by atoms with Crippen molar-refractivity contribution in [3.63, 3.8) is 0 Å². The Bertz CT molecular complexity index is 17.3. The molecule has 0 N–H and O–H groups in total. The largest absolute Gasteiger partial charge is 0.0750 e. The molecule has 0 bridgehead atoms. The van der Waals surface area contributed by atoms with E-state index < -0.39 is 0 Å². The van der Waals surface area contributed by atoms with Gasteiger partial charge in [-0.15, -0.1) is 0 Å². The molecule has 0 aliphatic heterocycles. The van der Waals surface area contributed by atoms with Crippen molar-refractivity contribution in [2.24, 2.45) is 0 Å². The van der Waals surface area contributed by atoms with E-state index in [1.165, 1.54) is 0 Å². The van der Waals surface area contributed by atoms with Crippen LogP contribution >= 0.6 is 0 Å². The predicted molar refractivity (Wildman–Crippen MR) is 45.0 cm³/mol. The first-order chi connectivity index (χ1) is 3.15. The average molecular weight is 134 g/mol. The average Bonchev–Trinajstić information content (AvgIpc) is 1.33. The minimum absolute atomic E-state index is 0.139. The topological polar surface area (TPSA) is 0 Å². The SMILES string of the molecule is C[SiH2]C.C[SiH](C)C. The number of hydrogen-bond donors (Lipinski definition) is 0. The van der Waals surface area contributed by atoms with Crippen LogP contribution in [0, 0.1) is 0 Å². The van der Waals surface area contributed by atoms with Crippen LogP contribution in [0.2, 0.25) is 32.7 Å². The maximum absolute atomic E-state index is 2.31. The molecule has 0 nitrogen and oxygen atoms in total. The second-order valence-corrected chi connectivity index (χ2v) is 7.32. The van der Waals surface area contributed by atoms with Crippen LogP contribution in [0.4, 0.5) is 0 Å². The van der Waals surface area contributed by atoms with Gasteiger partial charge in [0.1, 0.15) is 0 Å². The minimum atomic E-state index is -0.139. The highest BCUT2D eigenvalue weighted by molar-refractivity contribution is 6.54. The van der Waals surface area contributed by atoms with Crippen molar-refractivity contribution in [2.45, 2.75) is 32.7 Å². The normalized spacial score (nSPS) is 7.71. The van der Waals surface area contributed by atoms with E-state index in [0.717, 1.165) is 0 Å². The van der Waals surface area contributed by atoms with Crippen LogP contribution in [-0.4, -0.2) is 18.3 Å². The van der Waals surface area contributed by atoms with Gasteiger partial charge in [-0.25, -0.2) is 0 Å². The zero-order valence-corrected chi connectivity index (χ0v) is 8.85. The Morgan fingerprint density at radius 2 is 1.00 bits per heavy atom. The van der Waals surface area contributed by atoms with Crippen molar-refractivity contribution < 1.29 is 0 Å². The van der Waals surface area contributed by atoms with E-state index >= 15 is 0 Å². The second-order valence-electron chi connectivity index (χ2n) is 2.44. The summed E-state index contributed by atoms with van der Waals surface area (Å²) in [5.41, 5.74) is 0. The molecule has 0 unspecified atom stereocenters. The fraction of sp³-hybridized carbons (Fsp3) is 1.00. The summed E-state index contributed by atoms with van der Waals surface area (Å²) >= 11 is 0. The third-order valence-electron chi connectivity index (χ3n) is 0. The van der Waals surface area contributed by atoms with E-state index in [4.69, 9.17) is 0 Å². The van der Waals surface area contributed by atoms with E-state index in [-0.39, 0.29) is 8.80 Å². The lowest BCUT2D eigenvalue weighted by atomic mass is 11.8. The molecule has 0 amide bonds. The van der Waals surface area contributed by atoms with Gasteiger partial charge in [-0.3, -0.25) is 0 Å². The molecular weight excluding hydrogens is 116 g/mol. The quantitative estimate of drug-likeness (QED) is 0.439. The Labute approximate surface area is 51.8 Å². The van der Waals surface area contributed by atoms with Gasteiger partial charge in [-0.1, -0.05) is 32.7 Å². The maximum atomic E-state index is 2.31. The molecule has 0 radical (unpaired) electrons. The van der Waals surface area contributed by atoms with E-state index in [0.29, 0.717) is 9.52 Å². The summed E-state index contributed by atoms with van der Waals surface area (Å²) in [6.07, 6.45) is 0. The van der Waals surface area contributed by atoms with Crippen LogP contribution in [0.5, 0.6) is 0 Å². The van der Waals surface area contributed by atoms with Gasteiger partial charge in [0.25, 0.3) is 0 Å². The first-order valence-electron chi connectivity index (χ1n) is 3.15. The highest BCUT2D eigenvalue weighted by Gasteiger charge is 1.71. The summed E-state index contributed by atoms with van der Waals surface area (Å²) in [5.74, 6) is 0. The number of hydrogen-bond acceptors (Lipinski definition) is 0. The minimum Gasteiger partial charge on any atom is -0.0750 e. The van der Waals surface area contributed by atoms with Gasteiger partial charge in [-0.05, 0) is 0 Å². The van der Waals surface area contributed by atoms with E-state index in [9.17, 15) is 0 Å². The molecule has 2 heteroatoms. The lowest BCUT2D eigenvalue weighted by Gasteiger charge is -1.75. The molecule has 0 spiro atoms. The van der Waals surface area contributed by atoms with Crippen LogP contribution in [0.3, 0.4) is 0 Å². The Hall–Kier alpha value is 0.434. The summed E-state index contributed by atoms with van der Waals surface area (Å²) in [4.78, 5) is 0. The van der Waals surface area contributed by atoms with Crippen molar-refractivity contribution in [1.82, 2.24) is 0 Å². The lowest BCUT2D eigenvalue weighted by molar-refractivity contribution is 1.91. The zero-order valence-electron chi connectivity index (χ0n) is 6.28. The van der Waals surface area contributed by atoms with Crippen molar-refractivity contribution in [3.8, 4) is 0 Å². The first-order valence-corrected chi connectivity index (χ1v) is 9.44. The highest BCUT2D eigenvalue weighted by Crippen LogP contribution is 1.68. The van der Waals surface area contributed by atoms with Crippen LogP contribution in [0.25, 0.3) is 0 Å². The van der Waals surface area contributed by atoms with E-state index in [2.05, 4.69) is 32.7 Å². The summed E-state index contributed by atoms with van der Waals surface area (Å²) in [7, 11) is 0.278. The molecular formula is C5H18Si2. The fourth-order valence-corrected chi connectivity index (χ4v) is 0. The van der Waals surface area contributed by atoms with Gasteiger partial charge in [0, 0.05) is 18.3 Å². The molecule has 0 aromatic rings. The molecule has 0 atom stereocenters. The molecule has 0 saturated heterocycles. The lowest BCUT2D eigenvalue weighted by Crippen LogP contribution is -1.84. The Balaban J connectivity index is 0.